The summed E-state index contributed by atoms with van der Waals surface area (Å²) >= 11 is 0. The van der Waals surface area contributed by atoms with Crippen molar-refractivity contribution in [2.45, 2.75) is 32.8 Å². The van der Waals surface area contributed by atoms with Gasteiger partial charge in [0.25, 0.3) is 0 Å². The van der Waals surface area contributed by atoms with Crippen molar-refractivity contribution in [3.05, 3.63) is 30.1 Å². The van der Waals surface area contributed by atoms with Gasteiger partial charge in [0.15, 0.2) is 0 Å². The number of rotatable bonds is 5. The van der Waals surface area contributed by atoms with E-state index in [-0.39, 0.29) is 24.8 Å². The molecule has 1 amide bonds. The standard InChI is InChI=1S/C13H18FNO3/c1-13(2,3)18-15-12(16)8-9-17-11-6-4-10(14)5-7-11/h4-7H,8-9H2,1-3H3,(H,15,16). The van der Waals surface area contributed by atoms with Crippen molar-refractivity contribution in [2.24, 2.45) is 0 Å². The number of benzene rings is 1. The molecule has 1 rings (SSSR count). The van der Waals surface area contributed by atoms with E-state index in [1.54, 1.807) is 0 Å². The fourth-order valence-electron chi connectivity index (χ4n) is 1.05. The molecule has 0 saturated carbocycles. The maximum atomic E-state index is 12.6. The maximum absolute atomic E-state index is 12.6. The smallest absolute Gasteiger partial charge is 0.246 e. The zero-order valence-electron chi connectivity index (χ0n) is 10.8. The summed E-state index contributed by atoms with van der Waals surface area (Å²) < 4.78 is 17.9. The summed E-state index contributed by atoms with van der Waals surface area (Å²) in [6, 6.07) is 5.63. The van der Waals surface area contributed by atoms with E-state index >= 15 is 0 Å². The SMILES string of the molecule is CC(C)(C)ONC(=O)CCOc1ccc(F)cc1. The van der Waals surface area contributed by atoms with E-state index in [0.717, 1.165) is 0 Å². The number of amides is 1. The molecule has 18 heavy (non-hydrogen) atoms. The van der Waals surface area contributed by atoms with Gasteiger partial charge in [-0.1, -0.05) is 0 Å². The van der Waals surface area contributed by atoms with Gasteiger partial charge >= 0.3 is 0 Å². The maximum Gasteiger partial charge on any atom is 0.246 e. The molecule has 0 bridgehead atoms. The van der Waals surface area contributed by atoms with E-state index in [0.29, 0.717) is 5.75 Å². The summed E-state index contributed by atoms with van der Waals surface area (Å²) in [6.07, 6.45) is 0.174. The lowest BCUT2D eigenvalue weighted by molar-refractivity contribution is -0.146. The Morgan fingerprint density at radius 3 is 2.44 bits per heavy atom. The quantitative estimate of drug-likeness (QED) is 0.822. The average molecular weight is 255 g/mol. The highest BCUT2D eigenvalue weighted by Crippen LogP contribution is 2.11. The molecule has 100 valence electrons. The van der Waals surface area contributed by atoms with Gasteiger partial charge in [0.1, 0.15) is 11.6 Å². The molecule has 5 heteroatoms. The largest absolute Gasteiger partial charge is 0.493 e. The Labute approximate surface area is 106 Å². The summed E-state index contributed by atoms with van der Waals surface area (Å²) in [4.78, 5) is 16.5. The zero-order chi connectivity index (χ0) is 13.6. The van der Waals surface area contributed by atoms with Gasteiger partial charge in [-0.15, -0.1) is 0 Å². The van der Waals surface area contributed by atoms with Crippen molar-refractivity contribution in [3.8, 4) is 5.75 Å². The van der Waals surface area contributed by atoms with Crippen LogP contribution in [0.15, 0.2) is 24.3 Å². The highest BCUT2D eigenvalue weighted by molar-refractivity contribution is 5.74. The number of hydrogen-bond acceptors (Lipinski definition) is 3. The molecule has 0 unspecified atom stereocenters. The van der Waals surface area contributed by atoms with E-state index < -0.39 is 5.60 Å². The lowest BCUT2D eigenvalue weighted by Crippen LogP contribution is -2.34. The monoisotopic (exact) mass is 255 g/mol. The second-order valence-electron chi connectivity index (χ2n) is 4.79. The predicted octanol–water partition coefficient (Wildman–Crippen LogP) is 2.44. The van der Waals surface area contributed by atoms with E-state index in [9.17, 15) is 9.18 Å². The van der Waals surface area contributed by atoms with Crippen LogP contribution in [0.3, 0.4) is 0 Å². The lowest BCUT2D eigenvalue weighted by Gasteiger charge is -2.18. The Morgan fingerprint density at radius 2 is 1.89 bits per heavy atom. The number of hydroxylamine groups is 1. The third kappa shape index (κ3) is 6.20. The molecule has 0 fully saturated rings. The fraction of sp³-hybridized carbons (Fsp3) is 0.462. The highest BCUT2D eigenvalue weighted by atomic mass is 19.1. The second kappa shape index (κ2) is 6.35. The Morgan fingerprint density at radius 1 is 1.28 bits per heavy atom. The first-order valence-corrected chi connectivity index (χ1v) is 5.72. The summed E-state index contributed by atoms with van der Waals surface area (Å²) in [7, 11) is 0. The molecule has 0 aromatic heterocycles. The van der Waals surface area contributed by atoms with Crippen LogP contribution in [0.1, 0.15) is 27.2 Å². The first-order valence-electron chi connectivity index (χ1n) is 5.72. The molecule has 1 aromatic rings. The first kappa shape index (κ1) is 14.4. The molecule has 4 nitrogen and oxygen atoms in total. The van der Waals surface area contributed by atoms with Crippen molar-refractivity contribution in [1.29, 1.82) is 0 Å². The van der Waals surface area contributed by atoms with E-state index in [2.05, 4.69) is 5.48 Å². The van der Waals surface area contributed by atoms with Crippen LogP contribution in [0, 0.1) is 5.82 Å². The molecule has 0 radical (unpaired) electrons. The fourth-order valence-corrected chi connectivity index (χ4v) is 1.05. The number of carbonyl (C=O) groups is 1. The van der Waals surface area contributed by atoms with Crippen LogP contribution in [-0.2, 0) is 9.63 Å². The highest BCUT2D eigenvalue weighted by Gasteiger charge is 2.12. The molecule has 0 saturated heterocycles. The van der Waals surface area contributed by atoms with Crippen LogP contribution in [0.25, 0.3) is 0 Å². The van der Waals surface area contributed by atoms with Crippen LogP contribution >= 0.6 is 0 Å². The number of nitrogens with one attached hydrogen (secondary N) is 1. The third-order valence-corrected chi connectivity index (χ3v) is 1.88. The second-order valence-corrected chi connectivity index (χ2v) is 4.79. The molecular weight excluding hydrogens is 237 g/mol. The van der Waals surface area contributed by atoms with Crippen molar-refractivity contribution < 1.29 is 18.8 Å². The van der Waals surface area contributed by atoms with Gasteiger partial charge < -0.3 is 4.74 Å². The molecule has 0 atom stereocenters. The molecule has 0 aliphatic carbocycles. The summed E-state index contributed by atoms with van der Waals surface area (Å²) in [6.45, 7) is 5.72. The van der Waals surface area contributed by atoms with Crippen molar-refractivity contribution >= 4 is 5.91 Å². The van der Waals surface area contributed by atoms with E-state index in [4.69, 9.17) is 9.57 Å². The zero-order valence-corrected chi connectivity index (χ0v) is 10.8. The summed E-state index contributed by atoms with van der Waals surface area (Å²) in [5, 5.41) is 0. The van der Waals surface area contributed by atoms with Gasteiger partial charge in [0.2, 0.25) is 5.91 Å². The van der Waals surface area contributed by atoms with Gasteiger partial charge in [-0.3, -0.25) is 9.63 Å². The van der Waals surface area contributed by atoms with Crippen LogP contribution in [0.4, 0.5) is 4.39 Å². The van der Waals surface area contributed by atoms with Gasteiger partial charge in [-0.25, -0.2) is 9.87 Å². The Hall–Kier alpha value is -1.62. The van der Waals surface area contributed by atoms with Gasteiger partial charge in [0.05, 0.1) is 18.6 Å². The number of carbonyl (C=O) groups excluding carboxylic acids is 1. The Kier molecular flexibility index (Phi) is 5.09. The number of hydrogen-bond donors (Lipinski definition) is 1. The van der Waals surface area contributed by atoms with E-state index in [1.807, 2.05) is 20.8 Å². The summed E-state index contributed by atoms with van der Waals surface area (Å²) in [5.74, 6) is -0.0494. The third-order valence-electron chi connectivity index (χ3n) is 1.88. The first-order chi connectivity index (χ1) is 8.37. The van der Waals surface area contributed by atoms with Gasteiger partial charge in [0, 0.05) is 0 Å². The van der Waals surface area contributed by atoms with Crippen LogP contribution in [0.5, 0.6) is 5.75 Å². The molecular formula is C13H18FNO3. The molecule has 1 N–H and O–H groups in total. The lowest BCUT2D eigenvalue weighted by atomic mass is 10.2. The summed E-state index contributed by atoms with van der Waals surface area (Å²) in [5.41, 5.74) is 1.92. The van der Waals surface area contributed by atoms with Crippen molar-refractivity contribution in [3.63, 3.8) is 0 Å². The van der Waals surface area contributed by atoms with Gasteiger partial charge in [-0.05, 0) is 45.0 Å². The Balaban J connectivity index is 2.21. The topological polar surface area (TPSA) is 47.6 Å². The van der Waals surface area contributed by atoms with Crippen LogP contribution < -0.4 is 10.2 Å². The normalized spacial score (nSPS) is 11.1. The minimum absolute atomic E-state index is 0.174. The number of ether oxygens (including phenoxy) is 1. The molecule has 0 aliphatic heterocycles. The minimum Gasteiger partial charge on any atom is -0.493 e. The Bertz CT molecular complexity index is 384. The van der Waals surface area contributed by atoms with Gasteiger partial charge in [-0.2, -0.15) is 0 Å². The minimum atomic E-state index is -0.423. The van der Waals surface area contributed by atoms with Crippen LogP contribution in [0.2, 0.25) is 0 Å². The predicted molar refractivity (Wildman–Crippen MR) is 65.5 cm³/mol. The molecule has 0 spiro atoms. The average Bonchev–Trinajstić information content (AvgIpc) is 2.28. The molecule has 0 aliphatic rings. The van der Waals surface area contributed by atoms with Crippen LogP contribution in [-0.4, -0.2) is 18.1 Å². The van der Waals surface area contributed by atoms with Crippen molar-refractivity contribution in [2.75, 3.05) is 6.61 Å². The molecule has 1 aromatic carbocycles. The number of halogens is 1. The van der Waals surface area contributed by atoms with E-state index in [1.165, 1.54) is 24.3 Å². The van der Waals surface area contributed by atoms with Crippen molar-refractivity contribution in [1.82, 2.24) is 5.48 Å². The molecule has 0 heterocycles.